The zero-order valence-corrected chi connectivity index (χ0v) is 10.8. The minimum atomic E-state index is 0.126. The van der Waals surface area contributed by atoms with Crippen LogP contribution in [0.4, 0.5) is 0 Å². The van der Waals surface area contributed by atoms with Crippen LogP contribution >= 0.6 is 11.3 Å². The Labute approximate surface area is 106 Å². The molecule has 0 aliphatic heterocycles. The fraction of sp³-hybridized carbons (Fsp3) is 0.200. The van der Waals surface area contributed by atoms with Crippen LogP contribution in [0, 0.1) is 0 Å². The smallest absolute Gasteiger partial charge is 0.115 e. The molecule has 1 heterocycles. The van der Waals surface area contributed by atoms with Gasteiger partial charge in [-0.2, -0.15) is 0 Å². The van der Waals surface area contributed by atoms with Gasteiger partial charge in [0, 0.05) is 21.7 Å². The first kappa shape index (κ1) is 11.9. The van der Waals surface area contributed by atoms with Crippen molar-refractivity contribution in [2.24, 2.45) is 0 Å². The standard InChI is InChI=1S/C15H16OS/c1-3-14-8-9-15(17-14)10-12-4-6-13(7-5-12)11(2)16/h4-9,16H,2-3,10H2,1H3. The monoisotopic (exact) mass is 244 g/mol. The molecule has 0 aliphatic carbocycles. The van der Waals surface area contributed by atoms with Gasteiger partial charge in [0.05, 0.1) is 0 Å². The second-order valence-corrected chi connectivity index (χ2v) is 5.29. The van der Waals surface area contributed by atoms with Crippen LogP contribution in [-0.4, -0.2) is 5.11 Å². The second-order valence-electron chi connectivity index (χ2n) is 4.04. The van der Waals surface area contributed by atoms with Gasteiger partial charge in [-0.1, -0.05) is 37.8 Å². The van der Waals surface area contributed by atoms with Gasteiger partial charge < -0.3 is 5.11 Å². The normalized spacial score (nSPS) is 10.4. The maximum atomic E-state index is 9.25. The molecule has 1 aromatic heterocycles. The summed E-state index contributed by atoms with van der Waals surface area (Å²) in [5.74, 6) is 0.126. The third kappa shape index (κ3) is 2.98. The Hall–Kier alpha value is -1.54. The van der Waals surface area contributed by atoms with Gasteiger partial charge in [0.1, 0.15) is 5.76 Å². The van der Waals surface area contributed by atoms with Crippen LogP contribution in [0.5, 0.6) is 0 Å². The van der Waals surface area contributed by atoms with Gasteiger partial charge in [0.15, 0.2) is 0 Å². The first-order valence-electron chi connectivity index (χ1n) is 5.74. The van der Waals surface area contributed by atoms with Gasteiger partial charge in [-0.3, -0.25) is 0 Å². The third-order valence-electron chi connectivity index (χ3n) is 2.73. The predicted molar refractivity (Wildman–Crippen MR) is 74.6 cm³/mol. The average Bonchev–Trinajstić information content (AvgIpc) is 2.77. The van der Waals surface area contributed by atoms with Gasteiger partial charge in [-0.15, -0.1) is 11.3 Å². The zero-order chi connectivity index (χ0) is 12.3. The lowest BCUT2D eigenvalue weighted by atomic mass is 10.1. The van der Waals surface area contributed by atoms with Gasteiger partial charge in [-0.25, -0.2) is 0 Å². The van der Waals surface area contributed by atoms with Crippen molar-refractivity contribution in [1.82, 2.24) is 0 Å². The van der Waals surface area contributed by atoms with Gasteiger partial charge in [0.2, 0.25) is 0 Å². The molecule has 2 heteroatoms. The lowest BCUT2D eigenvalue weighted by Gasteiger charge is -2.01. The van der Waals surface area contributed by atoms with E-state index >= 15 is 0 Å². The highest BCUT2D eigenvalue weighted by molar-refractivity contribution is 7.12. The van der Waals surface area contributed by atoms with Crippen molar-refractivity contribution in [3.63, 3.8) is 0 Å². The SMILES string of the molecule is C=C(O)c1ccc(Cc2ccc(CC)s2)cc1. The summed E-state index contributed by atoms with van der Waals surface area (Å²) in [5.41, 5.74) is 2.05. The van der Waals surface area contributed by atoms with E-state index in [4.69, 9.17) is 0 Å². The van der Waals surface area contributed by atoms with E-state index in [1.54, 1.807) is 0 Å². The Morgan fingerprint density at radius 2 is 1.76 bits per heavy atom. The van der Waals surface area contributed by atoms with Crippen LogP contribution in [-0.2, 0) is 12.8 Å². The molecule has 17 heavy (non-hydrogen) atoms. The van der Waals surface area contributed by atoms with E-state index in [9.17, 15) is 5.11 Å². The van der Waals surface area contributed by atoms with E-state index in [1.807, 2.05) is 35.6 Å². The molecule has 1 N–H and O–H groups in total. The maximum absolute atomic E-state index is 9.25. The van der Waals surface area contributed by atoms with Crippen molar-refractivity contribution >= 4 is 17.1 Å². The Kier molecular flexibility index (Phi) is 3.64. The largest absolute Gasteiger partial charge is 0.508 e. The average molecular weight is 244 g/mol. The molecule has 0 aliphatic rings. The van der Waals surface area contributed by atoms with Crippen molar-refractivity contribution < 1.29 is 5.11 Å². The van der Waals surface area contributed by atoms with E-state index in [2.05, 4.69) is 25.6 Å². The Bertz CT molecular complexity index is 508. The number of aliphatic hydroxyl groups is 1. The highest BCUT2D eigenvalue weighted by atomic mass is 32.1. The van der Waals surface area contributed by atoms with Gasteiger partial charge >= 0.3 is 0 Å². The van der Waals surface area contributed by atoms with Crippen molar-refractivity contribution in [2.45, 2.75) is 19.8 Å². The first-order chi connectivity index (χ1) is 8.19. The van der Waals surface area contributed by atoms with Crippen LogP contribution in [0.15, 0.2) is 43.0 Å². The molecule has 0 atom stereocenters. The molecular formula is C15H16OS. The minimum absolute atomic E-state index is 0.126. The van der Waals surface area contributed by atoms with Crippen molar-refractivity contribution in [3.05, 3.63) is 63.9 Å². The van der Waals surface area contributed by atoms with E-state index in [1.165, 1.54) is 15.3 Å². The van der Waals surface area contributed by atoms with Crippen LogP contribution in [0.2, 0.25) is 0 Å². The predicted octanol–water partition coefficient (Wildman–Crippen LogP) is 4.43. The lowest BCUT2D eigenvalue weighted by molar-refractivity contribution is 0.514. The van der Waals surface area contributed by atoms with E-state index in [0.29, 0.717) is 0 Å². The number of aryl methyl sites for hydroxylation is 1. The number of rotatable bonds is 4. The lowest BCUT2D eigenvalue weighted by Crippen LogP contribution is -1.86. The second kappa shape index (κ2) is 5.19. The molecule has 0 radical (unpaired) electrons. The molecule has 2 rings (SSSR count). The molecule has 1 nitrogen and oxygen atoms in total. The molecule has 1 aromatic carbocycles. The molecule has 0 bridgehead atoms. The highest BCUT2D eigenvalue weighted by Gasteiger charge is 2.01. The summed E-state index contributed by atoms with van der Waals surface area (Å²) >= 11 is 1.87. The molecule has 88 valence electrons. The Balaban J connectivity index is 2.10. The van der Waals surface area contributed by atoms with E-state index in [0.717, 1.165) is 18.4 Å². The topological polar surface area (TPSA) is 20.2 Å². The fourth-order valence-corrected chi connectivity index (χ4v) is 2.72. The van der Waals surface area contributed by atoms with Gasteiger partial charge in [0.25, 0.3) is 0 Å². The summed E-state index contributed by atoms with van der Waals surface area (Å²) in [6.45, 7) is 5.69. The number of aliphatic hydroxyl groups excluding tert-OH is 1. The zero-order valence-electron chi connectivity index (χ0n) is 9.94. The van der Waals surface area contributed by atoms with Crippen LogP contribution in [0.3, 0.4) is 0 Å². The number of hydrogen-bond donors (Lipinski definition) is 1. The number of benzene rings is 1. The van der Waals surface area contributed by atoms with Gasteiger partial charge in [-0.05, 0) is 24.1 Å². The maximum Gasteiger partial charge on any atom is 0.115 e. The third-order valence-corrected chi connectivity index (χ3v) is 3.96. The summed E-state index contributed by atoms with van der Waals surface area (Å²) in [5, 5.41) is 9.25. The molecule has 0 spiro atoms. The first-order valence-corrected chi connectivity index (χ1v) is 6.55. The molecule has 0 fully saturated rings. The van der Waals surface area contributed by atoms with Crippen LogP contribution in [0.1, 0.15) is 27.8 Å². The number of thiophene rings is 1. The summed E-state index contributed by atoms with van der Waals surface area (Å²) in [6.07, 6.45) is 2.07. The summed E-state index contributed by atoms with van der Waals surface area (Å²) in [6, 6.07) is 12.3. The van der Waals surface area contributed by atoms with E-state index in [-0.39, 0.29) is 5.76 Å². The summed E-state index contributed by atoms with van der Waals surface area (Å²) < 4.78 is 0. The summed E-state index contributed by atoms with van der Waals surface area (Å²) in [7, 11) is 0. The molecule has 0 unspecified atom stereocenters. The van der Waals surface area contributed by atoms with Crippen molar-refractivity contribution in [3.8, 4) is 0 Å². The Morgan fingerprint density at radius 1 is 1.12 bits per heavy atom. The quantitative estimate of drug-likeness (QED) is 0.789. The van der Waals surface area contributed by atoms with E-state index < -0.39 is 0 Å². The molecular weight excluding hydrogens is 228 g/mol. The molecule has 0 saturated heterocycles. The fourth-order valence-electron chi connectivity index (χ4n) is 1.72. The van der Waals surface area contributed by atoms with Crippen molar-refractivity contribution in [2.75, 3.05) is 0 Å². The molecule has 0 saturated carbocycles. The Morgan fingerprint density at radius 3 is 2.29 bits per heavy atom. The minimum Gasteiger partial charge on any atom is -0.508 e. The van der Waals surface area contributed by atoms with Crippen LogP contribution < -0.4 is 0 Å². The summed E-state index contributed by atoms with van der Waals surface area (Å²) in [4.78, 5) is 2.82. The number of hydrogen-bond acceptors (Lipinski definition) is 2. The molecule has 2 aromatic rings. The van der Waals surface area contributed by atoms with Crippen molar-refractivity contribution in [1.29, 1.82) is 0 Å². The van der Waals surface area contributed by atoms with Crippen LogP contribution in [0.25, 0.3) is 5.76 Å². The highest BCUT2D eigenvalue weighted by Crippen LogP contribution is 2.21. The molecule has 0 amide bonds.